The first-order chi connectivity index (χ1) is 15.1. The highest BCUT2D eigenvalue weighted by Crippen LogP contribution is 2.31. The fourth-order valence-corrected chi connectivity index (χ4v) is 3.22. The van der Waals surface area contributed by atoms with E-state index in [1.165, 1.54) is 16.8 Å². The van der Waals surface area contributed by atoms with Gasteiger partial charge in [0, 0.05) is 19.7 Å². The number of carbonyl (C=O) groups is 1. The van der Waals surface area contributed by atoms with Crippen molar-refractivity contribution >= 4 is 5.91 Å². The number of amides is 1. The van der Waals surface area contributed by atoms with Gasteiger partial charge in [-0.25, -0.2) is 4.68 Å². The standard InChI is InChI=1S/C23H23N3O5/c1-25(16-17-7-9-20-21(15-17)31-14-13-30-20)23(28)19-8-10-22(27)26(24-19)11-12-29-18-5-3-2-4-6-18/h2-10,15H,11-14,16H2,1H3. The molecule has 0 radical (unpaired) electrons. The minimum Gasteiger partial charge on any atom is -0.492 e. The molecule has 1 aliphatic heterocycles. The monoisotopic (exact) mass is 421 g/mol. The summed E-state index contributed by atoms with van der Waals surface area (Å²) in [5.74, 6) is 1.81. The molecular weight excluding hydrogens is 398 g/mol. The van der Waals surface area contributed by atoms with Gasteiger partial charge in [0.15, 0.2) is 11.5 Å². The summed E-state index contributed by atoms with van der Waals surface area (Å²) in [6, 6.07) is 17.7. The van der Waals surface area contributed by atoms with Gasteiger partial charge >= 0.3 is 0 Å². The maximum Gasteiger partial charge on any atom is 0.274 e. The van der Waals surface area contributed by atoms with Gasteiger partial charge in [-0.2, -0.15) is 5.10 Å². The van der Waals surface area contributed by atoms with Gasteiger partial charge in [0.1, 0.15) is 31.3 Å². The quantitative estimate of drug-likeness (QED) is 0.583. The Kier molecular flexibility index (Phi) is 6.16. The van der Waals surface area contributed by atoms with E-state index < -0.39 is 0 Å². The van der Waals surface area contributed by atoms with E-state index in [0.29, 0.717) is 37.0 Å². The summed E-state index contributed by atoms with van der Waals surface area (Å²) < 4.78 is 18.0. The van der Waals surface area contributed by atoms with Gasteiger partial charge < -0.3 is 19.1 Å². The number of nitrogens with zero attached hydrogens (tertiary/aromatic N) is 3. The number of fused-ring (bicyclic) bond motifs is 1. The fraction of sp³-hybridized carbons (Fsp3) is 0.261. The molecule has 0 atom stereocenters. The van der Waals surface area contributed by atoms with E-state index in [1.807, 2.05) is 48.5 Å². The molecule has 160 valence electrons. The van der Waals surface area contributed by atoms with E-state index in [9.17, 15) is 9.59 Å². The second kappa shape index (κ2) is 9.34. The molecule has 2 aromatic carbocycles. The van der Waals surface area contributed by atoms with Crippen LogP contribution in [0.25, 0.3) is 0 Å². The first-order valence-corrected chi connectivity index (χ1v) is 10.0. The van der Waals surface area contributed by atoms with E-state index in [-0.39, 0.29) is 30.3 Å². The molecule has 0 spiro atoms. The molecule has 3 aromatic rings. The van der Waals surface area contributed by atoms with Crippen LogP contribution < -0.4 is 19.8 Å². The molecule has 4 rings (SSSR count). The summed E-state index contributed by atoms with van der Waals surface area (Å²) in [7, 11) is 1.69. The molecular formula is C23H23N3O5. The van der Waals surface area contributed by atoms with Gasteiger partial charge in [-0.15, -0.1) is 0 Å². The molecule has 31 heavy (non-hydrogen) atoms. The van der Waals surface area contributed by atoms with Crippen molar-refractivity contribution in [3.63, 3.8) is 0 Å². The van der Waals surface area contributed by atoms with Crippen LogP contribution in [0, 0.1) is 0 Å². The zero-order valence-corrected chi connectivity index (χ0v) is 17.2. The second-order valence-electron chi connectivity index (χ2n) is 7.08. The summed E-state index contributed by atoms with van der Waals surface area (Å²) in [4.78, 5) is 26.5. The Morgan fingerprint density at radius 2 is 1.84 bits per heavy atom. The molecule has 1 amide bonds. The van der Waals surface area contributed by atoms with Crippen molar-refractivity contribution in [2.75, 3.05) is 26.9 Å². The highest BCUT2D eigenvalue weighted by molar-refractivity contribution is 5.91. The molecule has 1 aromatic heterocycles. The van der Waals surface area contributed by atoms with Crippen molar-refractivity contribution in [2.45, 2.75) is 13.1 Å². The van der Waals surface area contributed by atoms with Crippen molar-refractivity contribution in [3.8, 4) is 17.2 Å². The number of rotatable bonds is 7. The number of aromatic nitrogens is 2. The highest BCUT2D eigenvalue weighted by Gasteiger charge is 2.17. The lowest BCUT2D eigenvalue weighted by Crippen LogP contribution is -2.31. The van der Waals surface area contributed by atoms with E-state index in [1.54, 1.807) is 11.9 Å². The van der Waals surface area contributed by atoms with Crippen molar-refractivity contribution in [1.29, 1.82) is 0 Å². The minimum absolute atomic E-state index is 0.194. The lowest BCUT2D eigenvalue weighted by molar-refractivity contribution is 0.0775. The maximum absolute atomic E-state index is 12.9. The van der Waals surface area contributed by atoms with Crippen LogP contribution in [-0.4, -0.2) is 47.5 Å². The first kappa shape index (κ1) is 20.5. The Morgan fingerprint density at radius 3 is 2.65 bits per heavy atom. The van der Waals surface area contributed by atoms with Gasteiger partial charge in [0.25, 0.3) is 11.5 Å². The van der Waals surface area contributed by atoms with Crippen molar-refractivity contribution < 1.29 is 19.0 Å². The van der Waals surface area contributed by atoms with Crippen LogP contribution in [0.4, 0.5) is 0 Å². The van der Waals surface area contributed by atoms with Crippen LogP contribution in [0.1, 0.15) is 16.1 Å². The van der Waals surface area contributed by atoms with Crippen LogP contribution in [0.15, 0.2) is 65.5 Å². The number of para-hydroxylation sites is 1. The Hall–Kier alpha value is -3.81. The molecule has 2 heterocycles. The number of hydrogen-bond donors (Lipinski definition) is 0. The molecule has 0 unspecified atom stereocenters. The van der Waals surface area contributed by atoms with Gasteiger partial charge in [-0.05, 0) is 35.9 Å². The molecule has 0 saturated carbocycles. The zero-order valence-electron chi connectivity index (χ0n) is 17.2. The third-order valence-electron chi connectivity index (χ3n) is 4.77. The fourth-order valence-electron chi connectivity index (χ4n) is 3.22. The largest absolute Gasteiger partial charge is 0.492 e. The second-order valence-corrected chi connectivity index (χ2v) is 7.08. The van der Waals surface area contributed by atoms with E-state index >= 15 is 0 Å². The molecule has 0 bridgehead atoms. The third-order valence-corrected chi connectivity index (χ3v) is 4.77. The Balaban J connectivity index is 1.40. The Morgan fingerprint density at radius 1 is 1.06 bits per heavy atom. The predicted octanol–water partition coefficient (Wildman–Crippen LogP) is 2.37. The average Bonchev–Trinajstić information content (AvgIpc) is 2.80. The van der Waals surface area contributed by atoms with Crippen molar-refractivity contribution in [3.05, 3.63) is 82.3 Å². The van der Waals surface area contributed by atoms with Gasteiger partial charge in [-0.3, -0.25) is 9.59 Å². The first-order valence-electron chi connectivity index (χ1n) is 10.0. The van der Waals surface area contributed by atoms with Crippen LogP contribution in [0.3, 0.4) is 0 Å². The number of ether oxygens (including phenoxy) is 3. The predicted molar refractivity (Wildman–Crippen MR) is 114 cm³/mol. The summed E-state index contributed by atoms with van der Waals surface area (Å²) in [5, 5.41) is 4.22. The Bertz CT molecular complexity index is 1110. The SMILES string of the molecule is CN(Cc1ccc2c(c1)OCCO2)C(=O)c1ccc(=O)n(CCOc2ccccc2)n1. The number of carbonyl (C=O) groups excluding carboxylic acids is 1. The topological polar surface area (TPSA) is 82.9 Å². The van der Waals surface area contributed by atoms with E-state index in [0.717, 1.165) is 5.56 Å². The third kappa shape index (κ3) is 5.03. The smallest absolute Gasteiger partial charge is 0.274 e. The average molecular weight is 421 g/mol. The summed E-state index contributed by atoms with van der Waals surface area (Å²) >= 11 is 0. The van der Waals surface area contributed by atoms with Gasteiger partial charge in [-0.1, -0.05) is 24.3 Å². The molecule has 8 heteroatoms. The van der Waals surface area contributed by atoms with Gasteiger partial charge in [0.05, 0.1) is 6.54 Å². The molecule has 1 aliphatic rings. The normalized spacial score (nSPS) is 12.3. The van der Waals surface area contributed by atoms with Gasteiger partial charge in [0.2, 0.25) is 0 Å². The molecule has 0 fully saturated rings. The molecule has 8 nitrogen and oxygen atoms in total. The number of benzene rings is 2. The highest BCUT2D eigenvalue weighted by atomic mass is 16.6. The van der Waals surface area contributed by atoms with Crippen molar-refractivity contribution in [2.24, 2.45) is 0 Å². The lowest BCUT2D eigenvalue weighted by Gasteiger charge is -2.21. The van der Waals surface area contributed by atoms with Crippen LogP contribution in [-0.2, 0) is 13.1 Å². The summed E-state index contributed by atoms with van der Waals surface area (Å²) in [6.07, 6.45) is 0. The van der Waals surface area contributed by atoms with Crippen LogP contribution >= 0.6 is 0 Å². The summed E-state index contributed by atoms with van der Waals surface area (Å²) in [6.45, 7) is 1.91. The zero-order chi connectivity index (χ0) is 21.6. The van der Waals surface area contributed by atoms with Crippen molar-refractivity contribution in [1.82, 2.24) is 14.7 Å². The van der Waals surface area contributed by atoms with E-state index in [4.69, 9.17) is 14.2 Å². The van der Waals surface area contributed by atoms with Crippen LogP contribution in [0.2, 0.25) is 0 Å². The Labute approximate surface area is 179 Å². The minimum atomic E-state index is -0.289. The maximum atomic E-state index is 12.9. The number of hydrogen-bond acceptors (Lipinski definition) is 6. The molecule has 0 N–H and O–H groups in total. The molecule has 0 saturated heterocycles. The van der Waals surface area contributed by atoms with Crippen LogP contribution in [0.5, 0.6) is 17.2 Å². The molecule has 0 aliphatic carbocycles. The summed E-state index contributed by atoms with van der Waals surface area (Å²) in [5.41, 5.74) is 0.812. The van der Waals surface area contributed by atoms with E-state index in [2.05, 4.69) is 5.10 Å². The lowest BCUT2D eigenvalue weighted by atomic mass is 10.1.